The number of nitrogens with one attached hydrogen (secondary N) is 2. The monoisotopic (exact) mass is 912 g/mol. The normalized spacial score (nSPS) is 11.4. The van der Waals surface area contributed by atoms with E-state index in [1.54, 1.807) is 45.7 Å². The average molecular weight is 913 g/mol. The van der Waals surface area contributed by atoms with Crippen molar-refractivity contribution in [1.29, 1.82) is 0 Å². The van der Waals surface area contributed by atoms with Gasteiger partial charge in [0.2, 0.25) is 5.88 Å². The van der Waals surface area contributed by atoms with Gasteiger partial charge in [0.15, 0.2) is 11.5 Å². The number of anilines is 2. The molecule has 0 saturated carbocycles. The van der Waals surface area contributed by atoms with E-state index in [1.807, 2.05) is 75.4 Å². The van der Waals surface area contributed by atoms with Crippen LogP contribution in [0.4, 0.5) is 16.2 Å². The Balaban J connectivity index is 1.23. The second-order valence-corrected chi connectivity index (χ2v) is 16.0. The number of ketones is 1. The number of urea groups is 1. The molecule has 0 saturated heterocycles. The van der Waals surface area contributed by atoms with E-state index in [0.29, 0.717) is 131 Å². The molecule has 0 bridgehead atoms. The molecule has 16 heteroatoms. The molecule has 5 aromatic rings. The van der Waals surface area contributed by atoms with E-state index >= 15 is 0 Å². The van der Waals surface area contributed by atoms with Crippen LogP contribution in [0.15, 0.2) is 79.0 Å². The van der Waals surface area contributed by atoms with Gasteiger partial charge >= 0.3 is 6.03 Å². The van der Waals surface area contributed by atoms with Gasteiger partial charge in [0.25, 0.3) is 0 Å². The summed E-state index contributed by atoms with van der Waals surface area (Å²) in [6.45, 7) is 11.2. The molecule has 1 aromatic heterocycles. The molecule has 2 amide bonds. The molecule has 356 valence electrons. The van der Waals surface area contributed by atoms with Gasteiger partial charge in [0.05, 0.1) is 90.6 Å². The number of hydrogen-bond donors (Lipinski definition) is 2. The number of carbonyl (C=O) groups excluding carboxylic acids is 2. The first-order valence-corrected chi connectivity index (χ1v) is 22.0. The summed E-state index contributed by atoms with van der Waals surface area (Å²) >= 11 is 0. The zero-order valence-corrected chi connectivity index (χ0v) is 39.2. The molecule has 0 fully saturated rings. The number of benzene rings is 4. The third kappa shape index (κ3) is 16.2. The van der Waals surface area contributed by atoms with Crippen molar-refractivity contribution in [2.24, 2.45) is 0 Å². The molecule has 0 atom stereocenters. The lowest BCUT2D eigenvalue weighted by molar-refractivity contribution is 0.0179. The SMILES string of the molecule is COCCOCCOCCCC(=O)c1cc(C(C)(C)C)cc(NC(=O)Nc2ccc(Oc3ccnc(Cc4cc(OC)cc(OCCOCCOCCOC)c4)n3)c3ccccc23)c1OC. The van der Waals surface area contributed by atoms with Crippen LogP contribution >= 0.6 is 0 Å². The van der Waals surface area contributed by atoms with Gasteiger partial charge in [-0.3, -0.25) is 4.79 Å². The molecule has 0 radical (unpaired) electrons. The lowest BCUT2D eigenvalue weighted by Gasteiger charge is -2.23. The summed E-state index contributed by atoms with van der Waals surface area (Å²) in [6.07, 6.45) is 2.79. The molecule has 1 heterocycles. The number of amides is 2. The van der Waals surface area contributed by atoms with E-state index in [-0.39, 0.29) is 23.4 Å². The maximum atomic E-state index is 13.8. The van der Waals surface area contributed by atoms with Crippen LogP contribution in [0.25, 0.3) is 10.8 Å². The van der Waals surface area contributed by atoms with Crippen LogP contribution in [0.5, 0.6) is 28.9 Å². The smallest absolute Gasteiger partial charge is 0.323 e. The number of nitrogens with zero attached hydrogens (tertiary/aromatic N) is 2. The van der Waals surface area contributed by atoms with Crippen molar-refractivity contribution < 1.29 is 57.0 Å². The van der Waals surface area contributed by atoms with Gasteiger partial charge in [-0.05, 0) is 59.4 Å². The van der Waals surface area contributed by atoms with E-state index in [1.165, 1.54) is 7.11 Å². The van der Waals surface area contributed by atoms with Crippen LogP contribution in [-0.4, -0.2) is 123 Å². The third-order valence-corrected chi connectivity index (χ3v) is 10.1. The van der Waals surface area contributed by atoms with Crippen LogP contribution < -0.4 is 29.6 Å². The second kappa shape index (κ2) is 26.9. The van der Waals surface area contributed by atoms with Crippen molar-refractivity contribution in [3.63, 3.8) is 0 Å². The first kappa shape index (κ1) is 51.1. The highest BCUT2D eigenvalue weighted by Gasteiger charge is 2.24. The van der Waals surface area contributed by atoms with Crippen LogP contribution in [0, 0.1) is 0 Å². The molecule has 4 aromatic carbocycles. The lowest BCUT2D eigenvalue weighted by Crippen LogP contribution is -2.22. The highest BCUT2D eigenvalue weighted by molar-refractivity contribution is 6.09. The van der Waals surface area contributed by atoms with Gasteiger partial charge in [-0.2, -0.15) is 4.98 Å². The molecule has 16 nitrogen and oxygen atoms in total. The molecular formula is C50H64N4O12. The average Bonchev–Trinajstić information content (AvgIpc) is 3.30. The number of ether oxygens (including phenoxy) is 10. The molecule has 0 aliphatic rings. The first-order chi connectivity index (χ1) is 32.0. The van der Waals surface area contributed by atoms with Gasteiger partial charge < -0.3 is 58.0 Å². The Kier molecular flexibility index (Phi) is 20.9. The zero-order chi connectivity index (χ0) is 47.2. The van der Waals surface area contributed by atoms with E-state index < -0.39 is 6.03 Å². The highest BCUT2D eigenvalue weighted by Crippen LogP contribution is 2.38. The predicted molar refractivity (Wildman–Crippen MR) is 252 cm³/mol. The minimum absolute atomic E-state index is 0.118. The predicted octanol–water partition coefficient (Wildman–Crippen LogP) is 8.67. The largest absolute Gasteiger partial charge is 0.497 e. The maximum Gasteiger partial charge on any atom is 0.323 e. The van der Waals surface area contributed by atoms with Gasteiger partial charge in [0, 0.05) is 62.8 Å². The number of carbonyl (C=O) groups is 2. The Morgan fingerprint density at radius 2 is 1.27 bits per heavy atom. The summed E-state index contributed by atoms with van der Waals surface area (Å²) in [5.41, 5.74) is 2.72. The van der Waals surface area contributed by atoms with Crippen LogP contribution in [0.2, 0.25) is 0 Å². The standard InChI is InChI=1S/C50H64N4O12/c1-50(2,3)36-32-41(44(55)13-10-18-61-23-24-62-21-19-57-4)48(60-7)43(33-36)53-49(56)52-42-14-15-45(40-12-9-8-11-39(40)42)66-47-16-17-51-46(54-47)31-35-29-37(59-6)34-38(30-35)65-28-27-64-26-25-63-22-20-58-5/h8-9,11-12,14-17,29-30,32-34H,10,13,18-28,31H2,1-7H3,(H2,52,53,56). The third-order valence-electron chi connectivity index (χ3n) is 10.1. The van der Waals surface area contributed by atoms with E-state index in [0.717, 1.165) is 21.9 Å². The van der Waals surface area contributed by atoms with Gasteiger partial charge in [0.1, 0.15) is 29.7 Å². The fraction of sp³-hybridized carbons (Fsp3) is 0.440. The summed E-state index contributed by atoms with van der Waals surface area (Å²) in [5.74, 6) is 2.84. The zero-order valence-electron chi connectivity index (χ0n) is 39.2. The van der Waals surface area contributed by atoms with Gasteiger partial charge in [-0.15, -0.1) is 0 Å². The van der Waals surface area contributed by atoms with Crippen molar-refractivity contribution >= 4 is 34.0 Å². The maximum absolute atomic E-state index is 13.8. The molecule has 2 N–H and O–H groups in total. The fourth-order valence-electron chi connectivity index (χ4n) is 6.69. The molecule has 66 heavy (non-hydrogen) atoms. The quantitative estimate of drug-likeness (QED) is 0.0344. The Bertz CT molecular complexity index is 2300. The summed E-state index contributed by atoms with van der Waals surface area (Å²) in [7, 11) is 6.34. The van der Waals surface area contributed by atoms with Crippen molar-refractivity contribution in [2.75, 3.05) is 112 Å². The number of fused-ring (bicyclic) bond motifs is 1. The van der Waals surface area contributed by atoms with Crippen LogP contribution in [0.1, 0.15) is 60.9 Å². The van der Waals surface area contributed by atoms with Crippen molar-refractivity contribution in [2.45, 2.75) is 45.4 Å². The first-order valence-electron chi connectivity index (χ1n) is 22.0. The second-order valence-electron chi connectivity index (χ2n) is 16.0. The van der Waals surface area contributed by atoms with E-state index in [2.05, 4.69) is 15.6 Å². The highest BCUT2D eigenvalue weighted by atomic mass is 16.6. The minimum atomic E-state index is -0.517. The fourth-order valence-corrected chi connectivity index (χ4v) is 6.69. The Morgan fingerprint density at radius 1 is 0.636 bits per heavy atom. The summed E-state index contributed by atoms with van der Waals surface area (Å²) < 4.78 is 55.7. The Morgan fingerprint density at radius 3 is 1.94 bits per heavy atom. The number of rotatable bonds is 29. The molecule has 0 aliphatic carbocycles. The lowest BCUT2D eigenvalue weighted by atomic mass is 9.84. The molecule has 0 spiro atoms. The van der Waals surface area contributed by atoms with E-state index in [9.17, 15) is 9.59 Å². The number of Topliss-reactive ketones (excluding diaryl/α,β-unsaturated/α-hetero) is 1. The summed E-state index contributed by atoms with van der Waals surface area (Å²) in [6, 6.07) is 21.6. The molecule has 0 unspecified atom stereocenters. The van der Waals surface area contributed by atoms with E-state index in [4.69, 9.17) is 52.4 Å². The van der Waals surface area contributed by atoms with Crippen LogP contribution in [0.3, 0.4) is 0 Å². The number of aromatic nitrogens is 2. The van der Waals surface area contributed by atoms with Gasteiger partial charge in [-0.25, -0.2) is 9.78 Å². The van der Waals surface area contributed by atoms with Crippen LogP contribution in [-0.2, 0) is 40.3 Å². The Hall–Kier alpha value is -5.88. The van der Waals surface area contributed by atoms with Crippen molar-refractivity contribution in [1.82, 2.24) is 9.97 Å². The number of hydrogen-bond acceptors (Lipinski definition) is 14. The Labute approximate surface area is 387 Å². The summed E-state index contributed by atoms with van der Waals surface area (Å²) in [5, 5.41) is 7.42. The minimum Gasteiger partial charge on any atom is -0.497 e. The molecule has 5 rings (SSSR count). The molecular weight excluding hydrogens is 849 g/mol. The number of methoxy groups -OCH3 is 4. The van der Waals surface area contributed by atoms with Crippen molar-refractivity contribution in [3.05, 3.63) is 102 Å². The topological polar surface area (TPSA) is 176 Å². The summed E-state index contributed by atoms with van der Waals surface area (Å²) in [4.78, 5) is 36.6. The van der Waals surface area contributed by atoms with Crippen molar-refractivity contribution in [3.8, 4) is 28.9 Å². The molecule has 0 aliphatic heterocycles. The van der Waals surface area contributed by atoms with Gasteiger partial charge in [-0.1, -0.05) is 45.0 Å².